The number of H-pyrrole nitrogens is 1. The maximum absolute atomic E-state index is 17.3. The monoisotopic (exact) mass is 631 g/mol. The van der Waals surface area contributed by atoms with Gasteiger partial charge in [-0.25, -0.2) is 17.6 Å². The molecule has 1 unspecified atom stereocenters. The van der Waals surface area contributed by atoms with E-state index < -0.39 is 38.5 Å². The van der Waals surface area contributed by atoms with E-state index in [9.17, 15) is 13.2 Å². The van der Waals surface area contributed by atoms with E-state index in [1.165, 1.54) is 42.5 Å². The normalized spacial score (nSPS) is 16.4. The average Bonchev–Trinajstić information content (AvgIpc) is 3.46. The fraction of sp³-hybridized carbons (Fsp3) is 0.148. The number of hydrogen-bond acceptors (Lipinski definition) is 6. The zero-order valence-electron chi connectivity index (χ0n) is 20.0. The molecule has 5 rings (SSSR count). The molecule has 12 heteroatoms. The SMILES string of the molecule is N=C(OC(=N)C(F)([C@H]1Cc2[nH]c3ccc(Cl)cc3c2C1)S(=O)(=O)c1cccc(Br)c1)c1ccc(C(=O)O)cc1. The third-order valence-corrected chi connectivity index (χ3v) is 9.69. The summed E-state index contributed by atoms with van der Waals surface area (Å²) in [5.41, 5.74) is 2.12. The molecule has 1 aliphatic rings. The second kappa shape index (κ2) is 9.89. The molecule has 0 spiro atoms. The third kappa shape index (κ3) is 4.64. The van der Waals surface area contributed by atoms with Gasteiger partial charge in [-0.2, -0.15) is 0 Å². The lowest BCUT2D eigenvalue weighted by Crippen LogP contribution is -2.50. The smallest absolute Gasteiger partial charge is 0.335 e. The van der Waals surface area contributed by atoms with Crippen molar-refractivity contribution in [2.24, 2.45) is 5.92 Å². The number of rotatable bonds is 6. The van der Waals surface area contributed by atoms with Crippen LogP contribution in [0.3, 0.4) is 0 Å². The molecular weight excluding hydrogens is 613 g/mol. The number of carboxylic acids is 1. The van der Waals surface area contributed by atoms with Crippen molar-refractivity contribution in [3.63, 3.8) is 0 Å². The Morgan fingerprint density at radius 2 is 1.77 bits per heavy atom. The lowest BCUT2D eigenvalue weighted by molar-refractivity contribution is 0.0697. The highest BCUT2D eigenvalue weighted by atomic mass is 79.9. The highest BCUT2D eigenvalue weighted by molar-refractivity contribution is 9.10. The van der Waals surface area contributed by atoms with E-state index in [2.05, 4.69) is 20.9 Å². The van der Waals surface area contributed by atoms with Crippen LogP contribution in [-0.2, 0) is 27.4 Å². The van der Waals surface area contributed by atoms with Crippen LogP contribution in [0.5, 0.6) is 0 Å². The van der Waals surface area contributed by atoms with Gasteiger partial charge in [0.2, 0.25) is 21.6 Å². The van der Waals surface area contributed by atoms with E-state index in [1.807, 2.05) is 0 Å². The van der Waals surface area contributed by atoms with Crippen molar-refractivity contribution in [2.45, 2.75) is 22.7 Å². The summed E-state index contributed by atoms with van der Waals surface area (Å²) in [6, 6.07) is 15.7. The standard InChI is InChI=1S/C27H20BrClFN3O5S/c28-17-2-1-3-19(12-17)39(36,37)27(30,26(32)38-24(31)14-4-6-15(7-5-14)25(34)35)16-10-20-21-13-18(29)8-9-22(21)33-23(20)11-16/h1-9,12-13,16,31-33H,10-11H2,(H,34,35)/t16-,27?/m1/s1. The van der Waals surface area contributed by atoms with Crippen LogP contribution in [0.4, 0.5) is 4.39 Å². The number of alkyl halides is 1. The molecule has 0 bridgehead atoms. The van der Waals surface area contributed by atoms with Crippen molar-refractivity contribution in [1.29, 1.82) is 10.8 Å². The summed E-state index contributed by atoms with van der Waals surface area (Å²) in [6.07, 6.45) is -0.0520. The molecule has 0 fully saturated rings. The second-order valence-corrected chi connectivity index (χ2v) is 12.6. The topological polar surface area (TPSA) is 144 Å². The highest BCUT2D eigenvalue weighted by Gasteiger charge is 2.59. The Balaban J connectivity index is 1.54. The van der Waals surface area contributed by atoms with Gasteiger partial charge in [-0.05, 0) is 79.1 Å². The third-order valence-electron chi connectivity index (χ3n) is 6.79. The number of ether oxygens (including phenoxy) is 1. The number of aromatic nitrogens is 1. The van der Waals surface area contributed by atoms with Gasteiger partial charge in [-0.3, -0.25) is 10.8 Å². The van der Waals surface area contributed by atoms with E-state index in [-0.39, 0.29) is 28.9 Å². The molecule has 0 saturated carbocycles. The van der Waals surface area contributed by atoms with Crippen LogP contribution in [0, 0.1) is 16.7 Å². The first-order chi connectivity index (χ1) is 18.4. The fourth-order valence-electron chi connectivity index (χ4n) is 4.84. The molecule has 8 nitrogen and oxygen atoms in total. The molecule has 0 amide bonds. The molecule has 4 aromatic rings. The maximum Gasteiger partial charge on any atom is 0.335 e. The van der Waals surface area contributed by atoms with Gasteiger partial charge in [-0.15, -0.1) is 0 Å². The van der Waals surface area contributed by atoms with Gasteiger partial charge in [0.25, 0.3) is 5.00 Å². The summed E-state index contributed by atoms with van der Waals surface area (Å²) < 4.78 is 50.7. The van der Waals surface area contributed by atoms with Gasteiger partial charge in [0, 0.05) is 37.6 Å². The first kappa shape index (κ1) is 27.0. The largest absolute Gasteiger partial charge is 0.478 e. The molecule has 0 aliphatic heterocycles. The zero-order chi connectivity index (χ0) is 28.1. The lowest BCUT2D eigenvalue weighted by Gasteiger charge is -2.31. The summed E-state index contributed by atoms with van der Waals surface area (Å²) in [5, 5.41) is 23.8. The van der Waals surface area contributed by atoms with E-state index in [0.717, 1.165) is 10.9 Å². The molecular formula is C27H20BrClFN3O5S. The Bertz CT molecular complexity index is 1770. The number of aromatic carboxylic acids is 1. The minimum Gasteiger partial charge on any atom is -0.478 e. The molecule has 200 valence electrons. The molecule has 4 N–H and O–H groups in total. The number of benzene rings is 3. The summed E-state index contributed by atoms with van der Waals surface area (Å²) in [4.78, 5) is 14.0. The van der Waals surface area contributed by atoms with Gasteiger partial charge in [0.05, 0.1) is 10.5 Å². The Kier molecular flexibility index (Phi) is 6.86. The van der Waals surface area contributed by atoms with E-state index >= 15 is 4.39 Å². The quantitative estimate of drug-likeness (QED) is 0.149. The molecule has 2 atom stereocenters. The minimum absolute atomic E-state index is 0.0220. The van der Waals surface area contributed by atoms with Crippen LogP contribution in [0.25, 0.3) is 10.9 Å². The number of fused-ring (bicyclic) bond motifs is 3. The Morgan fingerprint density at radius 1 is 1.08 bits per heavy atom. The van der Waals surface area contributed by atoms with Crippen LogP contribution < -0.4 is 0 Å². The number of sulfone groups is 1. The number of halogens is 3. The van der Waals surface area contributed by atoms with Crippen LogP contribution in [-0.4, -0.2) is 41.3 Å². The van der Waals surface area contributed by atoms with Crippen LogP contribution in [0.15, 0.2) is 76.1 Å². The van der Waals surface area contributed by atoms with Crippen molar-refractivity contribution in [2.75, 3.05) is 0 Å². The van der Waals surface area contributed by atoms with Crippen LogP contribution >= 0.6 is 27.5 Å². The van der Waals surface area contributed by atoms with Crippen molar-refractivity contribution < 1.29 is 27.4 Å². The zero-order valence-corrected chi connectivity index (χ0v) is 23.1. The number of carbonyl (C=O) groups is 1. The number of hydrogen-bond donors (Lipinski definition) is 4. The fourth-order valence-corrected chi connectivity index (χ4v) is 7.33. The Labute approximate surface area is 235 Å². The molecule has 3 aromatic carbocycles. The first-order valence-electron chi connectivity index (χ1n) is 11.6. The van der Waals surface area contributed by atoms with Gasteiger partial charge < -0.3 is 14.8 Å². The Morgan fingerprint density at radius 3 is 2.44 bits per heavy atom. The minimum atomic E-state index is -4.87. The van der Waals surface area contributed by atoms with E-state index in [1.54, 1.807) is 24.3 Å². The lowest BCUT2D eigenvalue weighted by atomic mass is 9.98. The summed E-state index contributed by atoms with van der Waals surface area (Å²) >= 11 is 9.38. The van der Waals surface area contributed by atoms with Gasteiger partial charge >= 0.3 is 5.97 Å². The van der Waals surface area contributed by atoms with Crippen LogP contribution in [0.2, 0.25) is 5.02 Å². The van der Waals surface area contributed by atoms with Crippen molar-refractivity contribution in [3.8, 4) is 0 Å². The van der Waals surface area contributed by atoms with E-state index in [0.29, 0.717) is 20.8 Å². The molecule has 1 aromatic heterocycles. The van der Waals surface area contributed by atoms with Crippen molar-refractivity contribution >= 4 is 66.0 Å². The number of nitrogens with one attached hydrogen (secondary N) is 3. The predicted molar refractivity (Wildman–Crippen MR) is 148 cm³/mol. The summed E-state index contributed by atoms with van der Waals surface area (Å²) in [7, 11) is -4.87. The number of aromatic amines is 1. The van der Waals surface area contributed by atoms with Gasteiger partial charge in [0.1, 0.15) is 0 Å². The summed E-state index contributed by atoms with van der Waals surface area (Å²) in [6.45, 7) is 0. The molecule has 39 heavy (non-hydrogen) atoms. The summed E-state index contributed by atoms with van der Waals surface area (Å²) in [5.74, 6) is -4.38. The van der Waals surface area contributed by atoms with Gasteiger partial charge in [-0.1, -0.05) is 33.6 Å². The van der Waals surface area contributed by atoms with Gasteiger partial charge in [0.15, 0.2) is 0 Å². The molecule has 0 radical (unpaired) electrons. The molecule has 1 aliphatic carbocycles. The van der Waals surface area contributed by atoms with Crippen molar-refractivity contribution in [1.82, 2.24) is 4.98 Å². The number of carboxylic acid groups (broad SMARTS) is 1. The average molecular weight is 633 g/mol. The molecule has 1 heterocycles. The highest BCUT2D eigenvalue weighted by Crippen LogP contribution is 2.45. The molecule has 0 saturated heterocycles. The predicted octanol–water partition coefficient (Wildman–Crippen LogP) is 6.16. The van der Waals surface area contributed by atoms with Crippen molar-refractivity contribution in [3.05, 3.63) is 98.6 Å². The van der Waals surface area contributed by atoms with Crippen LogP contribution in [0.1, 0.15) is 27.2 Å². The first-order valence-corrected chi connectivity index (χ1v) is 14.2. The Hall–Kier alpha value is -3.54. The second-order valence-electron chi connectivity index (χ2n) is 9.13. The van der Waals surface area contributed by atoms with E-state index in [4.69, 9.17) is 32.3 Å². The maximum atomic E-state index is 17.3.